The van der Waals surface area contributed by atoms with Gasteiger partial charge in [-0.2, -0.15) is 0 Å². The lowest BCUT2D eigenvalue weighted by atomic mass is 10.3. The molecule has 25 heavy (non-hydrogen) atoms. The van der Waals surface area contributed by atoms with Crippen LogP contribution in [0.3, 0.4) is 0 Å². The molecule has 0 bridgehead atoms. The molecule has 0 radical (unpaired) electrons. The maximum atomic E-state index is 4.48. The quantitative estimate of drug-likeness (QED) is 0.534. The van der Waals surface area contributed by atoms with Gasteiger partial charge in [0.1, 0.15) is 18.5 Å². The Morgan fingerprint density at radius 2 is 1.76 bits per heavy atom. The maximum absolute atomic E-state index is 4.48. The van der Waals surface area contributed by atoms with Crippen molar-refractivity contribution in [2.24, 2.45) is 7.05 Å². The smallest absolute Gasteiger partial charge is 0.165 e. The minimum atomic E-state index is 0.861. The van der Waals surface area contributed by atoms with Crippen LogP contribution in [-0.2, 0) is 7.05 Å². The third-order valence-corrected chi connectivity index (χ3v) is 4.69. The van der Waals surface area contributed by atoms with Gasteiger partial charge in [0.05, 0.1) is 6.33 Å². The molecule has 9 nitrogen and oxygen atoms in total. The second-order valence-corrected chi connectivity index (χ2v) is 6.14. The number of aryl methyl sites for hydroxylation is 1. The number of piperazine rings is 1. The predicted octanol–water partition coefficient (Wildman–Crippen LogP) is 0.733. The first kappa shape index (κ1) is 14.1. The van der Waals surface area contributed by atoms with E-state index in [0.717, 1.165) is 54.6 Å². The van der Waals surface area contributed by atoms with E-state index in [1.807, 2.05) is 28.1 Å². The van der Waals surface area contributed by atoms with Crippen molar-refractivity contribution in [2.75, 3.05) is 36.0 Å². The topological polar surface area (TPSA) is 80.3 Å². The molecule has 0 saturated carbocycles. The molecule has 1 saturated heterocycles. The summed E-state index contributed by atoms with van der Waals surface area (Å²) >= 11 is 0. The zero-order valence-electron chi connectivity index (χ0n) is 13.8. The minimum absolute atomic E-state index is 0.861. The lowest BCUT2D eigenvalue weighted by molar-refractivity contribution is 0.640. The molecule has 0 aromatic carbocycles. The Labute approximate surface area is 143 Å². The van der Waals surface area contributed by atoms with Crippen LogP contribution in [0.1, 0.15) is 0 Å². The number of pyridine rings is 1. The molecule has 4 aromatic heterocycles. The van der Waals surface area contributed by atoms with Gasteiger partial charge in [0, 0.05) is 33.2 Å². The summed E-state index contributed by atoms with van der Waals surface area (Å²) in [6.07, 6.45) is 5.16. The Hall–Kier alpha value is -3.23. The summed E-state index contributed by atoms with van der Waals surface area (Å²) in [5, 5.41) is 8.13. The van der Waals surface area contributed by atoms with Crippen LogP contribution in [-0.4, -0.2) is 60.3 Å². The number of nitrogens with zero attached hydrogens (tertiary/aromatic N) is 9. The van der Waals surface area contributed by atoms with E-state index >= 15 is 0 Å². The highest BCUT2D eigenvalue weighted by atomic mass is 15.3. The molecule has 0 atom stereocenters. The standard InChI is InChI=1S/C16H17N9/c1-22-10-19-14-15(22)17-9-18-16(14)24-7-5-23(6-8-24)13-4-2-3-12-21-20-11-25(12)13/h2-4,9-11H,5-8H2,1H3. The van der Waals surface area contributed by atoms with Gasteiger partial charge in [-0.1, -0.05) is 6.07 Å². The van der Waals surface area contributed by atoms with E-state index < -0.39 is 0 Å². The van der Waals surface area contributed by atoms with Crippen molar-refractivity contribution in [3.8, 4) is 0 Å². The average molecular weight is 335 g/mol. The van der Waals surface area contributed by atoms with Crippen LogP contribution in [0.15, 0.2) is 37.2 Å². The van der Waals surface area contributed by atoms with Gasteiger partial charge < -0.3 is 14.4 Å². The summed E-state index contributed by atoms with van der Waals surface area (Å²) in [6, 6.07) is 6.09. The SMILES string of the molecule is Cn1cnc2c(N3CCN(c4cccc5nncn45)CC3)ncnc21. The van der Waals surface area contributed by atoms with Crippen LogP contribution in [0, 0.1) is 0 Å². The van der Waals surface area contributed by atoms with Gasteiger partial charge >= 0.3 is 0 Å². The van der Waals surface area contributed by atoms with E-state index in [4.69, 9.17) is 0 Å². The number of hydrogen-bond donors (Lipinski definition) is 0. The highest BCUT2D eigenvalue weighted by molar-refractivity contribution is 5.83. The zero-order chi connectivity index (χ0) is 16.8. The molecule has 0 unspecified atom stereocenters. The van der Waals surface area contributed by atoms with Crippen LogP contribution < -0.4 is 9.80 Å². The summed E-state index contributed by atoms with van der Waals surface area (Å²) in [5.74, 6) is 2.03. The minimum Gasteiger partial charge on any atom is -0.354 e. The van der Waals surface area contributed by atoms with Crippen molar-refractivity contribution in [3.05, 3.63) is 37.2 Å². The monoisotopic (exact) mass is 335 g/mol. The summed E-state index contributed by atoms with van der Waals surface area (Å²) in [6.45, 7) is 3.55. The van der Waals surface area contributed by atoms with Crippen LogP contribution in [0.5, 0.6) is 0 Å². The molecule has 0 spiro atoms. The van der Waals surface area contributed by atoms with Crippen molar-refractivity contribution in [1.82, 2.24) is 34.1 Å². The molecule has 126 valence electrons. The number of imidazole rings is 1. The highest BCUT2D eigenvalue weighted by Gasteiger charge is 2.22. The van der Waals surface area contributed by atoms with Crippen molar-refractivity contribution < 1.29 is 0 Å². The molecule has 0 aliphatic carbocycles. The summed E-state index contributed by atoms with van der Waals surface area (Å²) in [4.78, 5) is 17.9. The van der Waals surface area contributed by atoms with E-state index in [9.17, 15) is 0 Å². The Bertz CT molecular complexity index is 1040. The number of rotatable bonds is 2. The van der Waals surface area contributed by atoms with Crippen LogP contribution in [0.4, 0.5) is 11.6 Å². The number of aromatic nitrogens is 7. The third-order valence-electron chi connectivity index (χ3n) is 4.69. The van der Waals surface area contributed by atoms with Crippen molar-refractivity contribution in [2.45, 2.75) is 0 Å². The van der Waals surface area contributed by atoms with E-state index in [1.165, 1.54) is 0 Å². The highest BCUT2D eigenvalue weighted by Crippen LogP contribution is 2.24. The molecule has 5 rings (SSSR count). The van der Waals surface area contributed by atoms with Gasteiger partial charge in [0.2, 0.25) is 0 Å². The van der Waals surface area contributed by atoms with Crippen molar-refractivity contribution in [1.29, 1.82) is 0 Å². The number of fused-ring (bicyclic) bond motifs is 2. The second kappa shape index (κ2) is 5.40. The van der Waals surface area contributed by atoms with Gasteiger partial charge in [0.25, 0.3) is 0 Å². The van der Waals surface area contributed by atoms with Crippen molar-refractivity contribution in [3.63, 3.8) is 0 Å². The largest absolute Gasteiger partial charge is 0.354 e. The van der Waals surface area contributed by atoms with Crippen LogP contribution >= 0.6 is 0 Å². The first-order valence-electron chi connectivity index (χ1n) is 8.22. The second-order valence-electron chi connectivity index (χ2n) is 6.14. The molecule has 4 aromatic rings. The molecule has 1 aliphatic rings. The summed E-state index contributed by atoms with van der Waals surface area (Å²) in [5.41, 5.74) is 2.59. The van der Waals surface area contributed by atoms with Crippen molar-refractivity contribution >= 4 is 28.4 Å². The van der Waals surface area contributed by atoms with Gasteiger partial charge in [0.15, 0.2) is 22.6 Å². The zero-order valence-corrected chi connectivity index (χ0v) is 13.8. The molecular formula is C16H17N9. The Kier molecular flexibility index (Phi) is 3.06. The molecule has 0 amide bonds. The fourth-order valence-electron chi connectivity index (χ4n) is 3.40. The number of anilines is 2. The first-order chi connectivity index (χ1) is 12.3. The Balaban J connectivity index is 1.42. The molecule has 5 heterocycles. The van der Waals surface area contributed by atoms with E-state index in [0.29, 0.717) is 0 Å². The molecule has 1 fully saturated rings. The first-order valence-corrected chi connectivity index (χ1v) is 8.22. The fourth-order valence-corrected chi connectivity index (χ4v) is 3.40. The van der Waals surface area contributed by atoms with Gasteiger partial charge in [-0.25, -0.2) is 15.0 Å². The van der Waals surface area contributed by atoms with Gasteiger partial charge in [-0.3, -0.25) is 4.40 Å². The lowest BCUT2D eigenvalue weighted by Gasteiger charge is -2.36. The normalized spacial score (nSPS) is 15.4. The molecule has 9 heteroatoms. The average Bonchev–Trinajstić information content (AvgIpc) is 3.28. The molecule has 1 aliphatic heterocycles. The van der Waals surface area contributed by atoms with E-state index in [2.05, 4.69) is 41.0 Å². The Morgan fingerprint density at radius 3 is 2.64 bits per heavy atom. The van der Waals surface area contributed by atoms with Crippen LogP contribution in [0.2, 0.25) is 0 Å². The fraction of sp³-hybridized carbons (Fsp3) is 0.312. The molecular weight excluding hydrogens is 318 g/mol. The van der Waals surface area contributed by atoms with Crippen LogP contribution in [0.25, 0.3) is 16.8 Å². The third kappa shape index (κ3) is 2.19. The Morgan fingerprint density at radius 1 is 0.920 bits per heavy atom. The molecule has 0 N–H and O–H groups in total. The summed E-state index contributed by atoms with van der Waals surface area (Å²) < 4.78 is 3.95. The number of hydrogen-bond acceptors (Lipinski definition) is 7. The predicted molar refractivity (Wildman–Crippen MR) is 93.7 cm³/mol. The lowest BCUT2D eigenvalue weighted by Crippen LogP contribution is -2.47. The maximum Gasteiger partial charge on any atom is 0.165 e. The van der Waals surface area contributed by atoms with Gasteiger partial charge in [-0.15, -0.1) is 10.2 Å². The summed E-state index contributed by atoms with van der Waals surface area (Å²) in [7, 11) is 1.95. The van der Waals surface area contributed by atoms with Gasteiger partial charge in [-0.05, 0) is 12.1 Å². The van der Waals surface area contributed by atoms with E-state index in [1.54, 1.807) is 19.0 Å². The van der Waals surface area contributed by atoms with E-state index in [-0.39, 0.29) is 0 Å².